The SMILES string of the molecule is CCOc1ccc2nc(N3C(=O)C(=O)/C(=C(/O)c4ccc5c(c4)OCCO5)[C@H]3c3ccccc3F)sc2c1. The van der Waals surface area contributed by atoms with E-state index in [1.165, 1.54) is 35.6 Å². The van der Waals surface area contributed by atoms with Crippen LogP contribution in [0, 0.1) is 5.82 Å². The van der Waals surface area contributed by atoms with Gasteiger partial charge in [-0.2, -0.15) is 0 Å². The second-order valence-corrected chi connectivity index (χ2v) is 9.62. The van der Waals surface area contributed by atoms with Crippen LogP contribution < -0.4 is 19.1 Å². The van der Waals surface area contributed by atoms with E-state index in [2.05, 4.69) is 4.98 Å². The number of aliphatic hydroxyl groups excluding tert-OH is 1. The quantitative estimate of drug-likeness (QED) is 0.213. The maximum absolute atomic E-state index is 15.2. The largest absolute Gasteiger partial charge is 0.507 e. The summed E-state index contributed by atoms with van der Waals surface area (Å²) < 4.78 is 32.6. The lowest BCUT2D eigenvalue weighted by Crippen LogP contribution is -2.29. The zero-order valence-electron chi connectivity index (χ0n) is 20.1. The number of carbonyl (C=O) groups excluding carboxylic acids is 2. The molecular weight excluding hydrogens is 511 g/mol. The van der Waals surface area contributed by atoms with Crippen molar-refractivity contribution in [3.8, 4) is 17.2 Å². The van der Waals surface area contributed by atoms with Crippen LogP contribution in [0.4, 0.5) is 9.52 Å². The number of fused-ring (bicyclic) bond motifs is 2. The van der Waals surface area contributed by atoms with E-state index in [4.69, 9.17) is 14.2 Å². The van der Waals surface area contributed by atoms with Crippen molar-refractivity contribution in [2.45, 2.75) is 13.0 Å². The maximum Gasteiger partial charge on any atom is 0.301 e. The van der Waals surface area contributed by atoms with Crippen molar-refractivity contribution < 1.29 is 33.3 Å². The molecule has 6 rings (SSSR count). The lowest BCUT2D eigenvalue weighted by molar-refractivity contribution is -0.132. The fourth-order valence-corrected chi connectivity index (χ4v) is 5.64. The van der Waals surface area contributed by atoms with Crippen LogP contribution in [-0.2, 0) is 9.59 Å². The summed E-state index contributed by atoms with van der Waals surface area (Å²) in [5, 5.41) is 11.6. The van der Waals surface area contributed by atoms with Crippen LogP contribution >= 0.6 is 11.3 Å². The van der Waals surface area contributed by atoms with E-state index in [9.17, 15) is 14.7 Å². The Morgan fingerprint density at radius 3 is 2.68 bits per heavy atom. The Hall–Kier alpha value is -4.44. The second-order valence-electron chi connectivity index (χ2n) is 8.61. The summed E-state index contributed by atoms with van der Waals surface area (Å²) in [6.07, 6.45) is 0. The molecule has 10 heteroatoms. The first-order valence-electron chi connectivity index (χ1n) is 11.9. The smallest absolute Gasteiger partial charge is 0.301 e. The minimum Gasteiger partial charge on any atom is -0.507 e. The number of thiazole rings is 1. The highest BCUT2D eigenvalue weighted by Gasteiger charge is 2.49. The van der Waals surface area contributed by atoms with Gasteiger partial charge in [-0.1, -0.05) is 29.5 Å². The number of nitrogens with zero attached hydrogens (tertiary/aromatic N) is 2. The molecule has 2 aliphatic heterocycles. The van der Waals surface area contributed by atoms with E-state index < -0.39 is 29.3 Å². The van der Waals surface area contributed by atoms with Gasteiger partial charge >= 0.3 is 5.91 Å². The molecule has 1 atom stereocenters. The summed E-state index contributed by atoms with van der Waals surface area (Å²) in [6, 6.07) is 14.6. The molecule has 4 aromatic rings. The molecule has 1 saturated heterocycles. The summed E-state index contributed by atoms with van der Waals surface area (Å²) in [5.74, 6) is -1.40. The zero-order chi connectivity index (χ0) is 26.4. The highest BCUT2D eigenvalue weighted by Crippen LogP contribution is 2.45. The number of aliphatic hydroxyl groups is 1. The van der Waals surface area contributed by atoms with Crippen molar-refractivity contribution in [2.24, 2.45) is 0 Å². The molecule has 192 valence electrons. The normalized spacial score (nSPS) is 18.3. The highest BCUT2D eigenvalue weighted by atomic mass is 32.1. The minimum absolute atomic E-state index is 0.0556. The number of hydrogen-bond donors (Lipinski definition) is 1. The van der Waals surface area contributed by atoms with Gasteiger partial charge in [-0.15, -0.1) is 0 Å². The first-order chi connectivity index (χ1) is 18.5. The molecule has 3 aromatic carbocycles. The van der Waals surface area contributed by atoms with Crippen LogP contribution in [0.3, 0.4) is 0 Å². The predicted octanol–water partition coefficient (Wildman–Crippen LogP) is 5.23. The number of rotatable bonds is 5. The molecule has 0 bridgehead atoms. The lowest BCUT2D eigenvalue weighted by Gasteiger charge is -2.23. The average Bonchev–Trinajstić information content (AvgIpc) is 3.46. The molecule has 1 fully saturated rings. The number of hydrogen-bond acceptors (Lipinski definition) is 8. The fourth-order valence-electron chi connectivity index (χ4n) is 4.62. The molecule has 8 nitrogen and oxygen atoms in total. The third-order valence-corrected chi connectivity index (χ3v) is 7.34. The average molecular weight is 533 g/mol. The van der Waals surface area contributed by atoms with Crippen LogP contribution in [-0.4, -0.2) is 41.6 Å². The first kappa shape index (κ1) is 23.9. The number of aromatic nitrogens is 1. The van der Waals surface area contributed by atoms with Gasteiger partial charge in [0, 0.05) is 11.1 Å². The van der Waals surface area contributed by atoms with Crippen LogP contribution in [0.25, 0.3) is 16.0 Å². The minimum atomic E-state index is -1.24. The van der Waals surface area contributed by atoms with Gasteiger partial charge in [0.2, 0.25) is 0 Å². The van der Waals surface area contributed by atoms with Gasteiger partial charge in [-0.05, 0) is 49.4 Å². The molecule has 0 radical (unpaired) electrons. The van der Waals surface area contributed by atoms with E-state index in [-0.39, 0.29) is 21.8 Å². The van der Waals surface area contributed by atoms with Gasteiger partial charge in [-0.25, -0.2) is 9.37 Å². The van der Waals surface area contributed by atoms with Gasteiger partial charge < -0.3 is 19.3 Å². The number of amides is 1. The van der Waals surface area contributed by atoms with Crippen molar-refractivity contribution in [1.29, 1.82) is 0 Å². The number of halogens is 1. The van der Waals surface area contributed by atoms with Gasteiger partial charge in [0.25, 0.3) is 5.78 Å². The highest BCUT2D eigenvalue weighted by molar-refractivity contribution is 7.22. The Morgan fingerprint density at radius 1 is 1.11 bits per heavy atom. The molecule has 0 unspecified atom stereocenters. The maximum atomic E-state index is 15.2. The van der Waals surface area contributed by atoms with Crippen molar-refractivity contribution in [3.05, 3.63) is 83.2 Å². The molecule has 1 aromatic heterocycles. The molecule has 1 N–H and O–H groups in total. The summed E-state index contributed by atoms with van der Waals surface area (Å²) in [4.78, 5) is 32.6. The Labute approximate surface area is 220 Å². The van der Waals surface area contributed by atoms with Crippen molar-refractivity contribution in [1.82, 2.24) is 4.98 Å². The monoisotopic (exact) mass is 532 g/mol. The molecule has 3 heterocycles. The third kappa shape index (κ3) is 3.93. The predicted molar refractivity (Wildman–Crippen MR) is 139 cm³/mol. The molecule has 1 amide bonds. The molecule has 0 spiro atoms. The van der Waals surface area contributed by atoms with E-state index in [1.54, 1.807) is 36.4 Å². The number of benzene rings is 3. The third-order valence-electron chi connectivity index (χ3n) is 6.33. The summed E-state index contributed by atoms with van der Waals surface area (Å²) >= 11 is 1.17. The van der Waals surface area contributed by atoms with Gasteiger partial charge in [0.1, 0.15) is 36.6 Å². The van der Waals surface area contributed by atoms with Crippen molar-refractivity contribution >= 4 is 44.1 Å². The fraction of sp³-hybridized carbons (Fsp3) is 0.179. The van der Waals surface area contributed by atoms with E-state index in [0.29, 0.717) is 42.6 Å². The number of Topliss-reactive ketones (excluding diaryl/α,β-unsaturated/α-hetero) is 1. The molecule has 0 saturated carbocycles. The van der Waals surface area contributed by atoms with E-state index in [0.717, 1.165) is 9.60 Å². The number of ether oxygens (including phenoxy) is 3. The molecule has 2 aliphatic rings. The van der Waals surface area contributed by atoms with Crippen LogP contribution in [0.15, 0.2) is 66.2 Å². The summed E-state index contributed by atoms with van der Waals surface area (Å²) in [5.41, 5.74) is 0.639. The standard InChI is InChI=1S/C28H21FN2O6S/c1-2-35-16-8-9-19-22(14-16)38-28(30-19)31-24(17-5-3-4-6-18(17)29)23(26(33)27(31)34)25(32)15-7-10-20-21(13-15)37-12-11-36-20/h3-10,13-14,24,32H,2,11-12H2,1H3/b25-23+/t24-/m1/s1. The van der Waals surface area contributed by atoms with Crippen LogP contribution in [0.5, 0.6) is 17.2 Å². The van der Waals surface area contributed by atoms with E-state index in [1.807, 2.05) is 6.92 Å². The number of anilines is 1. The first-order valence-corrected chi connectivity index (χ1v) is 12.8. The van der Waals surface area contributed by atoms with Crippen molar-refractivity contribution in [2.75, 3.05) is 24.7 Å². The topological polar surface area (TPSA) is 98.2 Å². The number of ketones is 1. The molecule has 38 heavy (non-hydrogen) atoms. The summed E-state index contributed by atoms with van der Waals surface area (Å²) in [7, 11) is 0. The second kappa shape index (κ2) is 9.46. The van der Waals surface area contributed by atoms with Gasteiger partial charge in [0.05, 0.1) is 22.4 Å². The Kier molecular flexibility index (Phi) is 5.96. The van der Waals surface area contributed by atoms with Crippen molar-refractivity contribution in [3.63, 3.8) is 0 Å². The van der Waals surface area contributed by atoms with Crippen LogP contribution in [0.1, 0.15) is 24.1 Å². The molecule has 0 aliphatic carbocycles. The van der Waals surface area contributed by atoms with Crippen LogP contribution in [0.2, 0.25) is 0 Å². The Morgan fingerprint density at radius 2 is 1.89 bits per heavy atom. The Bertz CT molecular complexity index is 1630. The number of carbonyl (C=O) groups is 2. The Balaban J connectivity index is 1.52. The molecular formula is C28H21FN2O6S. The van der Waals surface area contributed by atoms with E-state index >= 15 is 4.39 Å². The van der Waals surface area contributed by atoms with Gasteiger partial charge in [-0.3, -0.25) is 14.5 Å². The zero-order valence-corrected chi connectivity index (χ0v) is 21.0. The lowest BCUT2D eigenvalue weighted by atomic mass is 9.95. The van der Waals surface area contributed by atoms with Gasteiger partial charge in [0.15, 0.2) is 16.6 Å². The summed E-state index contributed by atoms with van der Waals surface area (Å²) in [6.45, 7) is 3.08.